The number of fused-ring (bicyclic) bond motifs is 1. The number of ether oxygens (including phenoxy) is 1. The minimum Gasteiger partial charge on any atom is -0.549 e. The SMILES string of the molecule is N.N.O=C([O-])C1(C(=O)[O-])CCC1.O=c1cc(N2CCOCC2)oc2c(-c3ccccc3)cccc12.[Pt+2]. The van der Waals surface area contributed by atoms with Crippen molar-refractivity contribution in [1.29, 1.82) is 0 Å². The first-order chi connectivity index (χ1) is 15.9. The summed E-state index contributed by atoms with van der Waals surface area (Å²) in [6.45, 7) is 2.79. The van der Waals surface area contributed by atoms with E-state index in [0.29, 0.717) is 36.5 Å². The number of nitrogens with zero attached hydrogens (tertiary/aromatic N) is 1. The van der Waals surface area contributed by atoms with Gasteiger partial charge in [0.15, 0.2) is 11.3 Å². The van der Waals surface area contributed by atoms with Crippen molar-refractivity contribution in [3.8, 4) is 11.1 Å². The Hall–Kier alpha value is -3.04. The van der Waals surface area contributed by atoms with E-state index in [0.717, 1.165) is 24.2 Å². The van der Waals surface area contributed by atoms with Crippen LogP contribution in [0.4, 0.5) is 5.88 Å². The number of carboxylic acid groups (broad SMARTS) is 2. The van der Waals surface area contributed by atoms with E-state index in [1.165, 1.54) is 0 Å². The first-order valence-corrected chi connectivity index (χ1v) is 10.8. The molecule has 0 bridgehead atoms. The third-order valence-corrected chi connectivity index (χ3v) is 6.14. The van der Waals surface area contributed by atoms with Crippen molar-refractivity contribution < 1.29 is 50.0 Å². The molecule has 11 heteroatoms. The summed E-state index contributed by atoms with van der Waals surface area (Å²) in [5.41, 5.74) is 0.953. The Morgan fingerprint density at radius 2 is 1.50 bits per heavy atom. The Balaban J connectivity index is 0.000000429. The molecule has 0 amide bonds. The maximum absolute atomic E-state index is 12.5. The number of para-hydroxylation sites is 1. The Labute approximate surface area is 222 Å². The second-order valence-corrected chi connectivity index (χ2v) is 8.11. The molecule has 0 radical (unpaired) electrons. The summed E-state index contributed by atoms with van der Waals surface area (Å²) >= 11 is 0. The third-order valence-electron chi connectivity index (χ3n) is 6.14. The van der Waals surface area contributed by atoms with Crippen LogP contribution in [0.1, 0.15) is 19.3 Å². The number of benzene rings is 2. The molecule has 5 rings (SSSR count). The van der Waals surface area contributed by atoms with E-state index in [9.17, 15) is 24.6 Å². The zero-order valence-electron chi connectivity index (χ0n) is 19.7. The number of aliphatic carboxylic acids is 2. The normalized spacial score (nSPS) is 15.5. The Morgan fingerprint density at radius 1 is 0.889 bits per heavy atom. The first kappa shape index (κ1) is 31.0. The minimum absolute atomic E-state index is 0. The maximum Gasteiger partial charge on any atom is 2.00 e. The quantitative estimate of drug-likeness (QED) is 0.380. The van der Waals surface area contributed by atoms with Crippen LogP contribution in [0.3, 0.4) is 0 Å². The van der Waals surface area contributed by atoms with E-state index in [4.69, 9.17) is 9.15 Å². The van der Waals surface area contributed by atoms with E-state index in [1.54, 1.807) is 6.07 Å². The third kappa shape index (κ3) is 6.20. The first-order valence-electron chi connectivity index (χ1n) is 10.8. The summed E-state index contributed by atoms with van der Waals surface area (Å²) in [6, 6.07) is 17.3. The molecule has 196 valence electrons. The van der Waals surface area contributed by atoms with Gasteiger partial charge in [0.05, 0.1) is 30.5 Å². The summed E-state index contributed by atoms with van der Waals surface area (Å²) in [7, 11) is 0. The van der Waals surface area contributed by atoms with Crippen LogP contribution in [0.5, 0.6) is 0 Å². The van der Waals surface area contributed by atoms with Crippen LogP contribution in [-0.4, -0.2) is 38.2 Å². The Morgan fingerprint density at radius 3 is 2.00 bits per heavy atom. The van der Waals surface area contributed by atoms with Crippen LogP contribution in [0.25, 0.3) is 22.1 Å². The molecule has 6 N–H and O–H groups in total. The second kappa shape index (κ2) is 13.3. The molecule has 1 aromatic heterocycles. The van der Waals surface area contributed by atoms with Crippen molar-refractivity contribution in [2.45, 2.75) is 19.3 Å². The van der Waals surface area contributed by atoms with Crippen LogP contribution in [0, 0.1) is 5.41 Å². The number of anilines is 1. The largest absolute Gasteiger partial charge is 2.00 e. The van der Waals surface area contributed by atoms with Gasteiger partial charge < -0.3 is 46.2 Å². The monoisotopic (exact) mass is 678 g/mol. The molecule has 1 aliphatic carbocycles. The van der Waals surface area contributed by atoms with Gasteiger partial charge in [-0.15, -0.1) is 0 Å². The van der Waals surface area contributed by atoms with Crippen LogP contribution in [0.15, 0.2) is 63.8 Å². The van der Waals surface area contributed by atoms with Crippen molar-refractivity contribution in [2.75, 3.05) is 31.2 Å². The van der Waals surface area contributed by atoms with Crippen molar-refractivity contribution in [3.63, 3.8) is 0 Å². The fourth-order valence-corrected chi connectivity index (χ4v) is 3.97. The van der Waals surface area contributed by atoms with E-state index in [1.807, 2.05) is 48.5 Å². The predicted molar refractivity (Wildman–Crippen MR) is 127 cm³/mol. The number of carbonyl (C=O) groups is 2. The molecule has 0 spiro atoms. The zero-order valence-corrected chi connectivity index (χ0v) is 22.0. The zero-order chi connectivity index (χ0) is 23.4. The average molecular weight is 679 g/mol. The molecular formula is C25H29N3O7Pt. The molecule has 36 heavy (non-hydrogen) atoms. The van der Waals surface area contributed by atoms with Gasteiger partial charge in [0.1, 0.15) is 5.58 Å². The molecule has 1 saturated heterocycles. The summed E-state index contributed by atoms with van der Waals surface area (Å²) in [5, 5.41) is 21.0. The van der Waals surface area contributed by atoms with Gasteiger partial charge in [0, 0.05) is 30.1 Å². The van der Waals surface area contributed by atoms with Crippen molar-refractivity contribution in [3.05, 3.63) is 64.8 Å². The molecule has 0 unspecified atom stereocenters. The van der Waals surface area contributed by atoms with Crippen LogP contribution in [0.2, 0.25) is 0 Å². The molecular weight excluding hydrogens is 649 g/mol. The maximum atomic E-state index is 12.5. The minimum atomic E-state index is -1.67. The number of carboxylic acids is 2. The summed E-state index contributed by atoms with van der Waals surface area (Å²) in [5.74, 6) is -2.41. The Bertz CT molecular complexity index is 1210. The van der Waals surface area contributed by atoms with Crippen LogP contribution < -0.4 is 32.8 Å². The Kier molecular flexibility index (Phi) is 11.5. The molecule has 1 saturated carbocycles. The number of hydrogen-bond donors (Lipinski definition) is 2. The second-order valence-electron chi connectivity index (χ2n) is 8.11. The predicted octanol–water partition coefficient (Wildman–Crippen LogP) is 1.27. The number of rotatable bonds is 4. The standard InChI is InChI=1S/C19H17NO3.C6H8O4.2H3N.Pt/c21-17-13-18(20-9-11-22-12-10-20)23-19-15(7-4-8-16(17)19)14-5-2-1-3-6-14;7-4(8)6(5(9)10)2-1-3-6;;;/h1-8,13H,9-12H2;1-3H2,(H,7,8)(H,9,10);2*1H3;/q;;;;+2/p-2. The van der Waals surface area contributed by atoms with Gasteiger partial charge in [0.25, 0.3) is 0 Å². The fourth-order valence-electron chi connectivity index (χ4n) is 3.97. The molecule has 2 fully saturated rings. The van der Waals surface area contributed by atoms with Crippen molar-refractivity contribution >= 4 is 28.8 Å². The van der Waals surface area contributed by atoms with Crippen molar-refractivity contribution in [2.24, 2.45) is 5.41 Å². The van der Waals surface area contributed by atoms with Crippen molar-refractivity contribution in [1.82, 2.24) is 12.3 Å². The van der Waals surface area contributed by atoms with Crippen LogP contribution in [-0.2, 0) is 35.4 Å². The van der Waals surface area contributed by atoms with E-state index in [-0.39, 0.29) is 51.6 Å². The van der Waals surface area contributed by atoms with Gasteiger partial charge >= 0.3 is 21.1 Å². The fraction of sp³-hybridized carbons (Fsp3) is 0.320. The van der Waals surface area contributed by atoms with Gasteiger partial charge in [-0.3, -0.25) is 4.79 Å². The molecule has 2 heterocycles. The summed E-state index contributed by atoms with van der Waals surface area (Å²) < 4.78 is 11.5. The summed E-state index contributed by atoms with van der Waals surface area (Å²) in [4.78, 5) is 35.0. The number of morpholine rings is 1. The van der Waals surface area contributed by atoms with Gasteiger partial charge in [-0.25, -0.2) is 0 Å². The molecule has 1 aliphatic heterocycles. The van der Waals surface area contributed by atoms with Gasteiger partial charge in [-0.2, -0.15) is 0 Å². The van der Waals surface area contributed by atoms with E-state index >= 15 is 0 Å². The van der Waals surface area contributed by atoms with Crippen LogP contribution >= 0.6 is 0 Å². The molecule has 3 aromatic rings. The topological polar surface area (TPSA) is 193 Å². The number of carbonyl (C=O) groups excluding carboxylic acids is 2. The average Bonchev–Trinajstić information content (AvgIpc) is 2.79. The van der Waals surface area contributed by atoms with Gasteiger partial charge in [-0.05, 0) is 24.5 Å². The molecule has 2 aromatic carbocycles. The van der Waals surface area contributed by atoms with E-state index in [2.05, 4.69) is 4.90 Å². The van der Waals surface area contributed by atoms with Gasteiger partial charge in [-0.1, -0.05) is 48.9 Å². The number of hydrogen-bond acceptors (Lipinski definition) is 10. The molecule has 0 atom stereocenters. The summed E-state index contributed by atoms with van der Waals surface area (Å²) in [6.07, 6.45) is 0.928. The smallest absolute Gasteiger partial charge is 0.549 e. The molecule has 10 nitrogen and oxygen atoms in total. The van der Waals surface area contributed by atoms with Gasteiger partial charge in [0.2, 0.25) is 0 Å². The van der Waals surface area contributed by atoms with E-state index < -0.39 is 17.4 Å². The molecule has 2 aliphatic rings.